The van der Waals surface area contributed by atoms with E-state index in [0.29, 0.717) is 30.1 Å². The highest BCUT2D eigenvalue weighted by molar-refractivity contribution is 5.66. The number of carboxylic acids is 1. The van der Waals surface area contributed by atoms with Gasteiger partial charge in [-0.2, -0.15) is 0 Å². The molecular weight excluding hydrogens is 356 g/mol. The first-order valence-electron chi connectivity index (χ1n) is 11.5. The van der Waals surface area contributed by atoms with Gasteiger partial charge in [-0.15, -0.1) is 0 Å². The van der Waals surface area contributed by atoms with Crippen molar-refractivity contribution in [3.05, 3.63) is 0 Å². The fraction of sp³-hybridized carbons (Fsp3) is 0.957. The van der Waals surface area contributed by atoms with E-state index in [1.54, 1.807) is 0 Å². The largest absolute Gasteiger partial charge is 0.481 e. The molecule has 0 aliphatic heterocycles. The van der Waals surface area contributed by atoms with Crippen LogP contribution in [0.15, 0.2) is 0 Å². The van der Waals surface area contributed by atoms with E-state index in [4.69, 9.17) is 5.11 Å². The van der Waals surface area contributed by atoms with Gasteiger partial charge >= 0.3 is 5.97 Å². The highest BCUT2D eigenvalue weighted by atomic mass is 16.4. The third-order valence-corrected chi connectivity index (χ3v) is 9.57. The average molecular weight is 395 g/mol. The summed E-state index contributed by atoms with van der Waals surface area (Å²) >= 11 is 0. The van der Waals surface area contributed by atoms with E-state index in [1.807, 2.05) is 0 Å². The summed E-state index contributed by atoms with van der Waals surface area (Å²) < 4.78 is 0. The molecule has 0 spiro atoms. The fourth-order valence-corrected chi connectivity index (χ4v) is 8.26. The molecule has 4 aliphatic rings. The molecule has 11 atom stereocenters. The molecular formula is C23H38O5. The van der Waals surface area contributed by atoms with Gasteiger partial charge < -0.3 is 20.4 Å². The predicted octanol–water partition coefficient (Wildman–Crippen LogP) is 3.06. The van der Waals surface area contributed by atoms with Crippen molar-refractivity contribution in [3.8, 4) is 0 Å². The summed E-state index contributed by atoms with van der Waals surface area (Å²) in [5.74, 6) is 1.50. The Morgan fingerprint density at radius 1 is 1.04 bits per heavy atom. The maximum Gasteiger partial charge on any atom is 0.303 e. The number of aliphatic hydroxyl groups excluding tert-OH is 3. The monoisotopic (exact) mass is 394 g/mol. The van der Waals surface area contributed by atoms with E-state index in [2.05, 4.69) is 13.8 Å². The average Bonchev–Trinajstić information content (AvgIpc) is 2.97. The molecule has 5 unspecified atom stereocenters. The van der Waals surface area contributed by atoms with E-state index in [1.165, 1.54) is 0 Å². The normalized spacial score (nSPS) is 51.7. The molecule has 4 fully saturated rings. The highest BCUT2D eigenvalue weighted by Gasteiger charge is 2.60. The SMILES string of the molecule is C[C@H](CCC(=O)O)[C@@H]1C2CCC3C(C2C[C@H]1O)[C@H](O)CC1C[C@H](O)CC[C@@]13C. The van der Waals surface area contributed by atoms with Gasteiger partial charge in [-0.3, -0.25) is 4.79 Å². The van der Waals surface area contributed by atoms with Gasteiger partial charge in [0.2, 0.25) is 0 Å². The van der Waals surface area contributed by atoms with E-state index in [0.717, 1.165) is 44.9 Å². The summed E-state index contributed by atoms with van der Waals surface area (Å²) in [6, 6.07) is 0. The van der Waals surface area contributed by atoms with Gasteiger partial charge in [-0.05, 0) is 98.2 Å². The Bertz CT molecular complexity index is 594. The van der Waals surface area contributed by atoms with Crippen molar-refractivity contribution in [1.29, 1.82) is 0 Å². The molecule has 4 saturated carbocycles. The second kappa shape index (κ2) is 7.55. The summed E-state index contributed by atoms with van der Waals surface area (Å²) in [7, 11) is 0. The minimum Gasteiger partial charge on any atom is -0.481 e. The van der Waals surface area contributed by atoms with Crippen LogP contribution in [0.1, 0.15) is 71.6 Å². The zero-order valence-electron chi connectivity index (χ0n) is 17.3. The lowest BCUT2D eigenvalue weighted by Gasteiger charge is -2.60. The second-order valence-corrected chi connectivity index (χ2v) is 10.8. The van der Waals surface area contributed by atoms with Gasteiger partial charge in [0.05, 0.1) is 18.3 Å². The van der Waals surface area contributed by atoms with E-state index >= 15 is 0 Å². The van der Waals surface area contributed by atoms with Crippen molar-refractivity contribution >= 4 is 5.97 Å². The number of aliphatic carboxylic acids is 1. The maximum atomic E-state index is 11.1. The molecule has 4 aliphatic carbocycles. The first-order valence-corrected chi connectivity index (χ1v) is 11.5. The summed E-state index contributed by atoms with van der Waals surface area (Å²) in [6.07, 6.45) is 6.33. The lowest BCUT2D eigenvalue weighted by molar-refractivity contribution is -0.158. The van der Waals surface area contributed by atoms with E-state index in [9.17, 15) is 20.1 Å². The summed E-state index contributed by atoms with van der Waals surface area (Å²) in [5, 5.41) is 41.2. The van der Waals surface area contributed by atoms with Crippen LogP contribution in [0.25, 0.3) is 0 Å². The van der Waals surface area contributed by atoms with Crippen LogP contribution in [-0.4, -0.2) is 44.7 Å². The summed E-state index contributed by atoms with van der Waals surface area (Å²) in [4.78, 5) is 11.0. The van der Waals surface area contributed by atoms with Crippen LogP contribution in [0.3, 0.4) is 0 Å². The number of hydrogen-bond acceptors (Lipinski definition) is 4. The molecule has 0 aromatic carbocycles. The summed E-state index contributed by atoms with van der Waals surface area (Å²) in [5.41, 5.74) is 0.200. The molecule has 0 aromatic rings. The van der Waals surface area contributed by atoms with Crippen molar-refractivity contribution < 1.29 is 25.2 Å². The zero-order chi connectivity index (χ0) is 20.2. The quantitative estimate of drug-likeness (QED) is 0.587. The summed E-state index contributed by atoms with van der Waals surface area (Å²) in [6.45, 7) is 4.49. The minimum atomic E-state index is -0.763. The third kappa shape index (κ3) is 3.31. The molecule has 0 aromatic heterocycles. The van der Waals surface area contributed by atoms with Gasteiger partial charge in [0.1, 0.15) is 0 Å². The van der Waals surface area contributed by atoms with Crippen LogP contribution in [0, 0.1) is 46.8 Å². The molecule has 0 bridgehead atoms. The van der Waals surface area contributed by atoms with Gasteiger partial charge in [0, 0.05) is 6.42 Å². The number of fused-ring (bicyclic) bond motifs is 5. The molecule has 0 heterocycles. The van der Waals surface area contributed by atoms with Crippen molar-refractivity contribution in [3.63, 3.8) is 0 Å². The van der Waals surface area contributed by atoms with Crippen molar-refractivity contribution in [2.24, 2.45) is 46.8 Å². The molecule has 0 saturated heterocycles. The number of carboxylic acid groups (broad SMARTS) is 1. The van der Waals surface area contributed by atoms with Crippen LogP contribution in [0.4, 0.5) is 0 Å². The van der Waals surface area contributed by atoms with Crippen molar-refractivity contribution in [1.82, 2.24) is 0 Å². The molecule has 4 N–H and O–H groups in total. The maximum absolute atomic E-state index is 11.1. The van der Waals surface area contributed by atoms with Crippen LogP contribution < -0.4 is 0 Å². The van der Waals surface area contributed by atoms with Gasteiger partial charge in [0.15, 0.2) is 0 Å². The topological polar surface area (TPSA) is 98.0 Å². The lowest BCUT2D eigenvalue weighted by Crippen LogP contribution is -2.56. The minimum absolute atomic E-state index is 0.163. The number of aliphatic hydroxyl groups is 3. The Kier molecular flexibility index (Phi) is 5.56. The van der Waals surface area contributed by atoms with Crippen LogP contribution in [-0.2, 0) is 4.79 Å². The van der Waals surface area contributed by atoms with Crippen LogP contribution in [0.5, 0.6) is 0 Å². The standard InChI is InChI=1S/C23H38O5/c1-12(3-6-20(27)28)21-15-4-5-17-22(16(15)11-19(21)26)18(25)10-13-9-14(24)7-8-23(13,17)2/h12-19,21-22,24-26H,3-11H2,1-2H3,(H,27,28)/t12-,13?,14-,15?,16?,17?,18-,19-,21-,22?,23+/m1/s1. The number of hydrogen-bond donors (Lipinski definition) is 4. The number of rotatable bonds is 4. The first kappa shape index (κ1) is 20.6. The molecule has 5 nitrogen and oxygen atoms in total. The van der Waals surface area contributed by atoms with Gasteiger partial charge in [-0.25, -0.2) is 0 Å². The van der Waals surface area contributed by atoms with Gasteiger partial charge in [0.25, 0.3) is 0 Å². The Labute approximate surface area is 168 Å². The molecule has 5 heteroatoms. The fourth-order valence-electron chi connectivity index (χ4n) is 8.26. The molecule has 4 rings (SSSR count). The van der Waals surface area contributed by atoms with Crippen LogP contribution in [0.2, 0.25) is 0 Å². The number of carbonyl (C=O) groups is 1. The molecule has 0 radical (unpaired) electrons. The second-order valence-electron chi connectivity index (χ2n) is 10.8. The molecule has 28 heavy (non-hydrogen) atoms. The van der Waals surface area contributed by atoms with Crippen LogP contribution >= 0.6 is 0 Å². The van der Waals surface area contributed by atoms with Gasteiger partial charge in [-0.1, -0.05) is 13.8 Å². The lowest BCUT2D eigenvalue weighted by atomic mass is 9.46. The smallest absolute Gasteiger partial charge is 0.303 e. The molecule has 160 valence electrons. The highest BCUT2D eigenvalue weighted by Crippen LogP contribution is 2.64. The third-order valence-electron chi connectivity index (χ3n) is 9.57. The Morgan fingerprint density at radius 2 is 1.79 bits per heavy atom. The Balaban J connectivity index is 1.54. The van der Waals surface area contributed by atoms with Crippen molar-refractivity contribution in [2.75, 3.05) is 0 Å². The Morgan fingerprint density at radius 3 is 2.50 bits per heavy atom. The first-order chi connectivity index (χ1) is 13.2. The Hall–Kier alpha value is -0.650. The zero-order valence-corrected chi connectivity index (χ0v) is 17.3. The van der Waals surface area contributed by atoms with Crippen molar-refractivity contribution in [2.45, 2.75) is 89.9 Å². The van der Waals surface area contributed by atoms with E-state index in [-0.39, 0.29) is 47.9 Å². The predicted molar refractivity (Wildman–Crippen MR) is 105 cm³/mol. The van der Waals surface area contributed by atoms with E-state index < -0.39 is 5.97 Å². The molecule has 0 amide bonds.